The molecule has 0 aliphatic carbocycles. The lowest BCUT2D eigenvalue weighted by Crippen LogP contribution is -1.89. The normalized spacial score (nSPS) is 13.4. The Labute approximate surface area is 81.1 Å². The molecule has 0 spiro atoms. The van der Waals surface area contributed by atoms with E-state index < -0.39 is 0 Å². The van der Waals surface area contributed by atoms with Gasteiger partial charge in [0.2, 0.25) is 0 Å². The van der Waals surface area contributed by atoms with E-state index in [2.05, 4.69) is 13.0 Å². The Morgan fingerprint density at radius 1 is 1.55 bits per heavy atom. The Morgan fingerprint density at radius 3 is 2.73 bits per heavy atom. The first kappa shape index (κ1) is 9.37. The molecule has 0 fully saturated rings. The molecule has 1 aromatic heterocycles. The average Bonchev–Trinajstić information content (AvgIpc) is 2.36. The van der Waals surface area contributed by atoms with Gasteiger partial charge in [0.05, 0.1) is 4.34 Å². The Balaban J connectivity index is 2.60. The van der Waals surface area contributed by atoms with Gasteiger partial charge in [0, 0.05) is 10.8 Å². The topological polar surface area (TPSA) is 0 Å². The lowest BCUT2D eigenvalue weighted by molar-refractivity contribution is 0.753. The number of hydrogen-bond donors (Lipinski definition) is 0. The summed E-state index contributed by atoms with van der Waals surface area (Å²) in [4.78, 5) is 1.33. The maximum absolute atomic E-state index is 5.79. The van der Waals surface area contributed by atoms with E-state index in [1.807, 2.05) is 6.07 Å². The lowest BCUT2D eigenvalue weighted by atomic mass is 10.1. The summed E-state index contributed by atoms with van der Waals surface area (Å²) in [7, 11) is 0. The van der Waals surface area contributed by atoms with Gasteiger partial charge >= 0.3 is 0 Å². The molecule has 0 saturated carbocycles. The highest BCUT2D eigenvalue weighted by atomic mass is 35.5. The number of thiophene rings is 1. The predicted octanol–water partition coefficient (Wildman–Crippen LogP) is 4.13. The zero-order chi connectivity index (χ0) is 8.27. The van der Waals surface area contributed by atoms with E-state index in [9.17, 15) is 0 Å². The molecule has 0 bridgehead atoms. The van der Waals surface area contributed by atoms with Crippen LogP contribution in [0, 0.1) is 0 Å². The van der Waals surface area contributed by atoms with Crippen LogP contribution in [-0.4, -0.2) is 5.88 Å². The van der Waals surface area contributed by atoms with Crippen LogP contribution in [0.2, 0.25) is 4.34 Å². The zero-order valence-electron chi connectivity index (χ0n) is 6.31. The Morgan fingerprint density at radius 2 is 2.27 bits per heavy atom. The van der Waals surface area contributed by atoms with Gasteiger partial charge in [-0.05, 0) is 24.5 Å². The summed E-state index contributed by atoms with van der Waals surface area (Å²) >= 11 is 13.1. The summed E-state index contributed by atoms with van der Waals surface area (Å²) in [5.41, 5.74) is 0. The maximum atomic E-state index is 5.79. The maximum Gasteiger partial charge on any atom is 0.0931 e. The number of hydrogen-bond acceptors (Lipinski definition) is 1. The first-order chi connectivity index (χ1) is 5.24. The fraction of sp³-hybridized carbons (Fsp3) is 0.500. The van der Waals surface area contributed by atoms with Crippen molar-refractivity contribution in [3.05, 3.63) is 21.3 Å². The van der Waals surface area contributed by atoms with Crippen LogP contribution >= 0.6 is 34.5 Å². The molecular formula is C8H10Cl2S. The highest BCUT2D eigenvalue weighted by molar-refractivity contribution is 7.16. The van der Waals surface area contributed by atoms with Crippen molar-refractivity contribution in [3.63, 3.8) is 0 Å². The van der Waals surface area contributed by atoms with Crippen LogP contribution in [0.15, 0.2) is 12.1 Å². The van der Waals surface area contributed by atoms with Crippen molar-refractivity contribution >= 4 is 34.5 Å². The molecule has 11 heavy (non-hydrogen) atoms. The fourth-order valence-electron chi connectivity index (χ4n) is 0.899. The molecule has 0 N–H and O–H groups in total. The third-order valence-corrected chi connectivity index (χ3v) is 3.30. The van der Waals surface area contributed by atoms with Crippen molar-refractivity contribution in [2.45, 2.75) is 19.3 Å². The summed E-state index contributed by atoms with van der Waals surface area (Å²) in [5, 5.41) is 0. The van der Waals surface area contributed by atoms with Crippen LogP contribution in [0.4, 0.5) is 0 Å². The average molecular weight is 209 g/mol. The minimum Gasteiger partial charge on any atom is -0.128 e. The van der Waals surface area contributed by atoms with Gasteiger partial charge in [-0.1, -0.05) is 18.5 Å². The Kier molecular flexibility index (Phi) is 3.70. The van der Waals surface area contributed by atoms with Gasteiger partial charge in [-0.2, -0.15) is 0 Å². The number of alkyl halides is 1. The highest BCUT2D eigenvalue weighted by Crippen LogP contribution is 2.29. The summed E-state index contributed by atoms with van der Waals surface area (Å²) in [6, 6.07) is 4.01. The third kappa shape index (κ3) is 2.66. The monoisotopic (exact) mass is 208 g/mol. The Bertz CT molecular complexity index is 220. The second-order valence-electron chi connectivity index (χ2n) is 2.52. The van der Waals surface area contributed by atoms with Gasteiger partial charge < -0.3 is 0 Å². The number of rotatable bonds is 3. The standard InChI is InChI=1S/C8H10Cl2S/c1-6(4-5-9)7-2-3-8(10)11-7/h2-3,6H,4-5H2,1H3. The van der Waals surface area contributed by atoms with Gasteiger partial charge in [-0.3, -0.25) is 0 Å². The first-order valence-electron chi connectivity index (χ1n) is 3.55. The van der Waals surface area contributed by atoms with Crippen molar-refractivity contribution in [3.8, 4) is 0 Å². The van der Waals surface area contributed by atoms with E-state index in [1.165, 1.54) is 4.88 Å². The van der Waals surface area contributed by atoms with E-state index in [4.69, 9.17) is 23.2 Å². The summed E-state index contributed by atoms with van der Waals surface area (Å²) in [6.45, 7) is 2.17. The van der Waals surface area contributed by atoms with Crippen LogP contribution in [-0.2, 0) is 0 Å². The smallest absolute Gasteiger partial charge is 0.0931 e. The molecule has 0 radical (unpaired) electrons. The van der Waals surface area contributed by atoms with Crippen molar-refractivity contribution < 1.29 is 0 Å². The fourth-order valence-corrected chi connectivity index (χ4v) is 2.37. The van der Waals surface area contributed by atoms with Crippen LogP contribution in [0.3, 0.4) is 0 Å². The first-order valence-corrected chi connectivity index (χ1v) is 5.28. The molecule has 0 nitrogen and oxygen atoms in total. The molecule has 0 aliphatic heterocycles. The molecule has 1 unspecified atom stereocenters. The summed E-state index contributed by atoms with van der Waals surface area (Å²) in [5.74, 6) is 1.27. The molecule has 1 rings (SSSR count). The quantitative estimate of drug-likeness (QED) is 0.656. The molecule has 3 heteroatoms. The molecule has 1 aromatic rings. The minimum atomic E-state index is 0.546. The van der Waals surface area contributed by atoms with Gasteiger partial charge in [0.15, 0.2) is 0 Å². The van der Waals surface area contributed by atoms with Crippen LogP contribution in [0.25, 0.3) is 0 Å². The predicted molar refractivity (Wildman–Crippen MR) is 53.1 cm³/mol. The molecule has 1 atom stereocenters. The Hall–Kier alpha value is 0.280. The molecule has 0 aliphatic rings. The van der Waals surface area contributed by atoms with E-state index in [0.717, 1.165) is 16.6 Å². The van der Waals surface area contributed by atoms with Crippen LogP contribution < -0.4 is 0 Å². The van der Waals surface area contributed by atoms with Gasteiger partial charge in [-0.15, -0.1) is 22.9 Å². The second-order valence-corrected chi connectivity index (χ2v) is 4.65. The second kappa shape index (κ2) is 4.34. The molecule has 1 heterocycles. The van der Waals surface area contributed by atoms with E-state index in [1.54, 1.807) is 11.3 Å². The van der Waals surface area contributed by atoms with Crippen molar-refractivity contribution in [2.24, 2.45) is 0 Å². The van der Waals surface area contributed by atoms with Gasteiger partial charge in [-0.25, -0.2) is 0 Å². The van der Waals surface area contributed by atoms with Gasteiger partial charge in [0.25, 0.3) is 0 Å². The molecule has 0 saturated heterocycles. The molecule has 0 amide bonds. The largest absolute Gasteiger partial charge is 0.128 e. The van der Waals surface area contributed by atoms with E-state index in [-0.39, 0.29) is 0 Å². The van der Waals surface area contributed by atoms with Crippen molar-refractivity contribution in [1.82, 2.24) is 0 Å². The van der Waals surface area contributed by atoms with E-state index in [0.29, 0.717) is 5.92 Å². The van der Waals surface area contributed by atoms with Gasteiger partial charge in [0.1, 0.15) is 0 Å². The minimum absolute atomic E-state index is 0.546. The SMILES string of the molecule is CC(CCCl)c1ccc(Cl)s1. The highest BCUT2D eigenvalue weighted by Gasteiger charge is 2.06. The van der Waals surface area contributed by atoms with Crippen molar-refractivity contribution in [2.75, 3.05) is 5.88 Å². The molecule has 62 valence electrons. The third-order valence-electron chi connectivity index (χ3n) is 1.62. The molecular weight excluding hydrogens is 199 g/mol. The van der Waals surface area contributed by atoms with Crippen LogP contribution in [0.1, 0.15) is 24.1 Å². The zero-order valence-corrected chi connectivity index (χ0v) is 8.64. The number of halogens is 2. The van der Waals surface area contributed by atoms with E-state index >= 15 is 0 Å². The van der Waals surface area contributed by atoms with Crippen LogP contribution in [0.5, 0.6) is 0 Å². The summed E-state index contributed by atoms with van der Waals surface area (Å²) in [6.07, 6.45) is 1.03. The molecule has 0 aromatic carbocycles. The van der Waals surface area contributed by atoms with Crippen molar-refractivity contribution in [1.29, 1.82) is 0 Å². The lowest BCUT2D eigenvalue weighted by Gasteiger charge is -2.04. The summed E-state index contributed by atoms with van der Waals surface area (Å²) < 4.78 is 0.862.